The van der Waals surface area contributed by atoms with Gasteiger partial charge in [-0.3, -0.25) is 4.79 Å². The average molecular weight is 367 g/mol. The lowest BCUT2D eigenvalue weighted by Gasteiger charge is -2.17. The van der Waals surface area contributed by atoms with Gasteiger partial charge in [0.1, 0.15) is 5.75 Å². The Morgan fingerprint density at radius 1 is 1.07 bits per heavy atom. The second-order valence-corrected chi connectivity index (χ2v) is 6.31. The Kier molecular flexibility index (Phi) is 5.45. The molecular formula is C21H21NO5. The fourth-order valence-electron chi connectivity index (χ4n) is 2.75. The van der Waals surface area contributed by atoms with Crippen molar-refractivity contribution in [2.45, 2.75) is 13.5 Å². The zero-order valence-corrected chi connectivity index (χ0v) is 15.5. The number of rotatable bonds is 6. The standard InChI is InChI=1S/C21H21NO5/c1-14-8-9-26-20(14)21(24)27-13-19(23)22(2)12-15-4-5-17-11-18(25-3)7-6-16(17)10-15/h4-11H,12-13H2,1-3H3. The Morgan fingerprint density at radius 2 is 1.81 bits per heavy atom. The van der Waals surface area contributed by atoms with Gasteiger partial charge in [-0.1, -0.05) is 18.2 Å². The number of aryl methyl sites for hydroxylation is 1. The van der Waals surface area contributed by atoms with Gasteiger partial charge in [-0.05, 0) is 47.5 Å². The predicted octanol–water partition coefficient (Wildman–Crippen LogP) is 3.57. The van der Waals surface area contributed by atoms with Gasteiger partial charge >= 0.3 is 5.97 Å². The van der Waals surface area contributed by atoms with E-state index in [-0.39, 0.29) is 18.3 Å². The fourth-order valence-corrected chi connectivity index (χ4v) is 2.75. The average Bonchev–Trinajstić information content (AvgIpc) is 3.11. The largest absolute Gasteiger partial charge is 0.497 e. The zero-order chi connectivity index (χ0) is 19.4. The summed E-state index contributed by atoms with van der Waals surface area (Å²) in [5.41, 5.74) is 1.66. The maximum Gasteiger partial charge on any atom is 0.375 e. The van der Waals surface area contributed by atoms with E-state index in [0.717, 1.165) is 22.1 Å². The maximum absolute atomic E-state index is 12.3. The lowest BCUT2D eigenvalue weighted by molar-refractivity contribution is -0.133. The Morgan fingerprint density at radius 3 is 2.52 bits per heavy atom. The van der Waals surface area contributed by atoms with Gasteiger partial charge in [-0.25, -0.2) is 4.79 Å². The molecule has 0 bridgehead atoms. The van der Waals surface area contributed by atoms with Crippen molar-refractivity contribution in [3.63, 3.8) is 0 Å². The van der Waals surface area contributed by atoms with E-state index in [9.17, 15) is 9.59 Å². The molecule has 6 heteroatoms. The Balaban J connectivity index is 1.60. The van der Waals surface area contributed by atoms with Gasteiger partial charge in [0.2, 0.25) is 5.76 Å². The molecule has 0 saturated carbocycles. The summed E-state index contributed by atoms with van der Waals surface area (Å²) < 4.78 is 15.3. The van der Waals surface area contributed by atoms with Gasteiger partial charge in [0.15, 0.2) is 6.61 Å². The lowest BCUT2D eigenvalue weighted by atomic mass is 10.1. The molecule has 0 spiro atoms. The number of esters is 1. The number of benzene rings is 2. The van der Waals surface area contributed by atoms with Crippen LogP contribution in [-0.4, -0.2) is 37.5 Å². The molecule has 3 rings (SSSR count). The summed E-state index contributed by atoms with van der Waals surface area (Å²) in [4.78, 5) is 25.7. The molecule has 0 atom stereocenters. The van der Waals surface area contributed by atoms with Gasteiger partial charge in [0.25, 0.3) is 5.91 Å². The number of likely N-dealkylation sites (N-methyl/N-ethyl adjacent to an activating group) is 1. The van der Waals surface area contributed by atoms with Crippen LogP contribution in [0, 0.1) is 6.92 Å². The van der Waals surface area contributed by atoms with Gasteiger partial charge in [-0.2, -0.15) is 0 Å². The first kappa shape index (κ1) is 18.5. The predicted molar refractivity (Wildman–Crippen MR) is 101 cm³/mol. The van der Waals surface area contributed by atoms with Gasteiger partial charge in [0, 0.05) is 19.2 Å². The third kappa shape index (κ3) is 4.28. The highest BCUT2D eigenvalue weighted by Gasteiger charge is 2.17. The highest BCUT2D eigenvalue weighted by Crippen LogP contribution is 2.22. The van der Waals surface area contributed by atoms with Crippen LogP contribution in [0.15, 0.2) is 53.1 Å². The molecule has 0 saturated heterocycles. The van der Waals surface area contributed by atoms with E-state index >= 15 is 0 Å². The molecule has 1 aromatic heterocycles. The number of furan rings is 1. The normalized spacial score (nSPS) is 10.6. The van der Waals surface area contributed by atoms with Crippen LogP contribution < -0.4 is 4.74 Å². The van der Waals surface area contributed by atoms with E-state index in [2.05, 4.69) is 0 Å². The molecule has 0 aliphatic heterocycles. The fraction of sp³-hybridized carbons (Fsp3) is 0.238. The second kappa shape index (κ2) is 7.95. The lowest BCUT2D eigenvalue weighted by Crippen LogP contribution is -2.30. The summed E-state index contributed by atoms with van der Waals surface area (Å²) in [6.45, 7) is 1.82. The maximum atomic E-state index is 12.3. The molecular weight excluding hydrogens is 346 g/mol. The third-order valence-electron chi connectivity index (χ3n) is 4.33. The molecule has 27 heavy (non-hydrogen) atoms. The van der Waals surface area contributed by atoms with E-state index in [1.54, 1.807) is 27.1 Å². The molecule has 0 aliphatic carbocycles. The van der Waals surface area contributed by atoms with Crippen LogP contribution in [-0.2, 0) is 16.1 Å². The molecule has 3 aromatic rings. The Labute approximate surface area is 157 Å². The first-order valence-corrected chi connectivity index (χ1v) is 8.50. The summed E-state index contributed by atoms with van der Waals surface area (Å²) >= 11 is 0. The number of hydrogen-bond donors (Lipinski definition) is 0. The molecule has 140 valence electrons. The van der Waals surface area contributed by atoms with E-state index in [1.807, 2.05) is 36.4 Å². The van der Waals surface area contributed by atoms with Gasteiger partial charge < -0.3 is 18.8 Å². The first-order valence-electron chi connectivity index (χ1n) is 8.50. The number of carbonyl (C=O) groups excluding carboxylic acids is 2. The smallest absolute Gasteiger partial charge is 0.375 e. The number of carbonyl (C=O) groups is 2. The van der Waals surface area contributed by atoms with Crippen molar-refractivity contribution >= 4 is 22.6 Å². The minimum atomic E-state index is -0.640. The van der Waals surface area contributed by atoms with Crippen LogP contribution in [0.5, 0.6) is 5.75 Å². The molecule has 0 radical (unpaired) electrons. The number of methoxy groups -OCH3 is 1. The number of ether oxygens (including phenoxy) is 2. The van der Waals surface area contributed by atoms with E-state index in [0.29, 0.717) is 12.1 Å². The van der Waals surface area contributed by atoms with Gasteiger partial charge in [-0.15, -0.1) is 0 Å². The molecule has 0 aliphatic rings. The highest BCUT2D eigenvalue weighted by molar-refractivity contribution is 5.90. The summed E-state index contributed by atoms with van der Waals surface area (Å²) in [5, 5.41) is 2.13. The Hall–Kier alpha value is -3.28. The topological polar surface area (TPSA) is 69.0 Å². The molecule has 1 heterocycles. The summed E-state index contributed by atoms with van der Waals surface area (Å²) in [6.07, 6.45) is 1.41. The molecule has 1 amide bonds. The summed E-state index contributed by atoms with van der Waals surface area (Å²) in [5.74, 6) is -0.00662. The van der Waals surface area contributed by atoms with E-state index in [4.69, 9.17) is 13.9 Å². The Bertz CT molecular complexity index is 976. The molecule has 0 N–H and O–H groups in total. The number of nitrogens with zero attached hydrogens (tertiary/aromatic N) is 1. The summed E-state index contributed by atoms with van der Waals surface area (Å²) in [6, 6.07) is 13.5. The van der Waals surface area contributed by atoms with Crippen LogP contribution >= 0.6 is 0 Å². The number of amides is 1. The monoisotopic (exact) mass is 367 g/mol. The van der Waals surface area contributed by atoms with Crippen LogP contribution in [0.2, 0.25) is 0 Å². The van der Waals surface area contributed by atoms with E-state index in [1.165, 1.54) is 11.2 Å². The van der Waals surface area contributed by atoms with Gasteiger partial charge in [0.05, 0.1) is 13.4 Å². The summed E-state index contributed by atoms with van der Waals surface area (Å²) in [7, 11) is 3.31. The van der Waals surface area contributed by atoms with Crippen LogP contribution in [0.3, 0.4) is 0 Å². The minimum Gasteiger partial charge on any atom is -0.497 e. The van der Waals surface area contributed by atoms with Crippen LogP contribution in [0.25, 0.3) is 10.8 Å². The van der Waals surface area contributed by atoms with Crippen molar-refractivity contribution in [3.8, 4) is 5.75 Å². The molecule has 6 nitrogen and oxygen atoms in total. The molecule has 2 aromatic carbocycles. The minimum absolute atomic E-state index is 0.121. The number of fused-ring (bicyclic) bond motifs is 1. The van der Waals surface area contributed by atoms with Crippen molar-refractivity contribution in [1.82, 2.24) is 4.90 Å². The zero-order valence-electron chi connectivity index (χ0n) is 15.5. The van der Waals surface area contributed by atoms with Crippen molar-refractivity contribution in [1.29, 1.82) is 0 Å². The SMILES string of the molecule is COc1ccc2cc(CN(C)C(=O)COC(=O)c3occc3C)ccc2c1. The first-order chi connectivity index (χ1) is 13.0. The van der Waals surface area contributed by atoms with Crippen molar-refractivity contribution in [2.75, 3.05) is 20.8 Å². The third-order valence-corrected chi connectivity index (χ3v) is 4.33. The van der Waals surface area contributed by atoms with Crippen molar-refractivity contribution < 1.29 is 23.5 Å². The van der Waals surface area contributed by atoms with Crippen molar-refractivity contribution in [2.24, 2.45) is 0 Å². The second-order valence-electron chi connectivity index (χ2n) is 6.31. The number of hydrogen-bond acceptors (Lipinski definition) is 5. The van der Waals surface area contributed by atoms with Crippen molar-refractivity contribution in [3.05, 3.63) is 65.6 Å². The molecule has 0 fully saturated rings. The quantitative estimate of drug-likeness (QED) is 0.623. The van der Waals surface area contributed by atoms with E-state index < -0.39 is 5.97 Å². The highest BCUT2D eigenvalue weighted by atomic mass is 16.5. The van der Waals surface area contributed by atoms with Crippen LogP contribution in [0.4, 0.5) is 0 Å². The molecule has 0 unspecified atom stereocenters. The van der Waals surface area contributed by atoms with Crippen LogP contribution in [0.1, 0.15) is 21.7 Å².